The summed E-state index contributed by atoms with van der Waals surface area (Å²) in [4.78, 5) is 11.7. The first kappa shape index (κ1) is 13.6. The molecule has 0 fully saturated rings. The number of nitrogens with one attached hydrogen (secondary N) is 1. The van der Waals surface area contributed by atoms with Gasteiger partial charge in [-0.05, 0) is 33.8 Å². The van der Waals surface area contributed by atoms with E-state index >= 15 is 0 Å². The van der Waals surface area contributed by atoms with Crippen molar-refractivity contribution in [1.29, 1.82) is 0 Å². The van der Waals surface area contributed by atoms with Gasteiger partial charge in [0.05, 0.1) is 11.8 Å². The highest BCUT2D eigenvalue weighted by Crippen LogP contribution is 2.21. The molecule has 0 saturated heterocycles. The molecular formula is C11H15BrClNO2. The van der Waals surface area contributed by atoms with Crippen molar-refractivity contribution in [2.45, 2.75) is 20.3 Å². The zero-order valence-corrected chi connectivity index (χ0v) is 11.7. The first-order chi connectivity index (χ1) is 7.46. The second kappa shape index (κ2) is 5.73. The van der Waals surface area contributed by atoms with Crippen molar-refractivity contribution in [2.75, 3.05) is 12.4 Å². The normalized spacial score (nSPS) is 11.5. The van der Waals surface area contributed by atoms with Gasteiger partial charge in [-0.25, -0.2) is 0 Å². The molecule has 1 rings (SSSR count). The van der Waals surface area contributed by atoms with E-state index < -0.39 is 0 Å². The van der Waals surface area contributed by atoms with Crippen molar-refractivity contribution in [3.63, 3.8) is 0 Å². The highest BCUT2D eigenvalue weighted by atomic mass is 79.9. The summed E-state index contributed by atoms with van der Waals surface area (Å²) in [6.07, 6.45) is 2.34. The SMILES string of the molecule is CC(C)(CCCl)CNC(=O)c1ccoc1Br. The Bertz CT molecular complexity index is 363. The average molecular weight is 309 g/mol. The van der Waals surface area contributed by atoms with E-state index in [4.69, 9.17) is 16.0 Å². The Labute approximate surface area is 109 Å². The van der Waals surface area contributed by atoms with Crippen molar-refractivity contribution >= 4 is 33.4 Å². The van der Waals surface area contributed by atoms with E-state index in [2.05, 4.69) is 35.1 Å². The van der Waals surface area contributed by atoms with Crippen molar-refractivity contribution in [2.24, 2.45) is 5.41 Å². The molecule has 0 aliphatic carbocycles. The Morgan fingerprint density at radius 2 is 2.31 bits per heavy atom. The van der Waals surface area contributed by atoms with Crippen LogP contribution in [0.25, 0.3) is 0 Å². The van der Waals surface area contributed by atoms with Crippen LogP contribution in [0.15, 0.2) is 21.4 Å². The molecule has 0 aliphatic heterocycles. The molecule has 1 aromatic rings. The molecular weight excluding hydrogens is 293 g/mol. The van der Waals surface area contributed by atoms with Crippen LogP contribution in [0, 0.1) is 5.41 Å². The van der Waals surface area contributed by atoms with Crippen molar-refractivity contribution < 1.29 is 9.21 Å². The molecule has 5 heteroatoms. The van der Waals surface area contributed by atoms with Crippen molar-refractivity contribution in [3.05, 3.63) is 22.6 Å². The van der Waals surface area contributed by atoms with Crippen molar-refractivity contribution in [3.8, 4) is 0 Å². The van der Waals surface area contributed by atoms with E-state index in [9.17, 15) is 4.79 Å². The van der Waals surface area contributed by atoms with Gasteiger partial charge in [0.25, 0.3) is 5.91 Å². The van der Waals surface area contributed by atoms with E-state index in [1.165, 1.54) is 6.26 Å². The topological polar surface area (TPSA) is 42.2 Å². The molecule has 0 aliphatic rings. The number of halogens is 2. The monoisotopic (exact) mass is 307 g/mol. The highest BCUT2D eigenvalue weighted by Gasteiger charge is 2.20. The lowest BCUT2D eigenvalue weighted by atomic mass is 9.90. The Morgan fingerprint density at radius 1 is 1.62 bits per heavy atom. The van der Waals surface area contributed by atoms with E-state index in [0.717, 1.165) is 6.42 Å². The summed E-state index contributed by atoms with van der Waals surface area (Å²) in [5, 5.41) is 2.86. The minimum Gasteiger partial charge on any atom is -0.457 e. The largest absolute Gasteiger partial charge is 0.457 e. The Morgan fingerprint density at radius 3 is 2.81 bits per heavy atom. The summed E-state index contributed by atoms with van der Waals surface area (Å²) in [5.74, 6) is 0.460. The molecule has 1 aromatic heterocycles. The first-order valence-electron chi connectivity index (χ1n) is 5.03. The van der Waals surface area contributed by atoms with Crippen LogP contribution in [0.3, 0.4) is 0 Å². The number of furan rings is 1. The van der Waals surface area contributed by atoms with Gasteiger partial charge in [0, 0.05) is 12.4 Å². The number of hydrogen-bond donors (Lipinski definition) is 1. The quantitative estimate of drug-likeness (QED) is 0.847. The second-order valence-corrected chi connectivity index (χ2v) is 5.49. The maximum absolute atomic E-state index is 11.7. The lowest BCUT2D eigenvalue weighted by Gasteiger charge is -2.23. The van der Waals surface area contributed by atoms with E-state index in [1.807, 2.05) is 0 Å². The van der Waals surface area contributed by atoms with Gasteiger partial charge in [-0.3, -0.25) is 4.79 Å². The minimum absolute atomic E-state index is 0.00756. The molecule has 16 heavy (non-hydrogen) atoms. The van der Waals surface area contributed by atoms with Gasteiger partial charge in [0.1, 0.15) is 0 Å². The predicted octanol–water partition coefficient (Wildman–Crippen LogP) is 3.43. The maximum Gasteiger partial charge on any atom is 0.255 e. The van der Waals surface area contributed by atoms with Crippen LogP contribution < -0.4 is 5.32 Å². The maximum atomic E-state index is 11.7. The Hall–Kier alpha value is -0.480. The summed E-state index contributed by atoms with van der Waals surface area (Å²) in [6.45, 7) is 4.73. The van der Waals surface area contributed by atoms with Gasteiger partial charge in [0.2, 0.25) is 0 Å². The van der Waals surface area contributed by atoms with Crippen LogP contribution in [0.1, 0.15) is 30.6 Å². The molecule has 1 N–H and O–H groups in total. The van der Waals surface area contributed by atoms with Gasteiger partial charge >= 0.3 is 0 Å². The van der Waals surface area contributed by atoms with Gasteiger partial charge < -0.3 is 9.73 Å². The summed E-state index contributed by atoms with van der Waals surface area (Å²) < 4.78 is 5.46. The van der Waals surface area contributed by atoms with E-state index in [-0.39, 0.29) is 11.3 Å². The fourth-order valence-electron chi connectivity index (χ4n) is 1.21. The van der Waals surface area contributed by atoms with Crippen LogP contribution in [0.5, 0.6) is 0 Å². The van der Waals surface area contributed by atoms with E-state index in [1.54, 1.807) is 6.07 Å². The zero-order chi connectivity index (χ0) is 12.2. The smallest absolute Gasteiger partial charge is 0.255 e. The molecule has 3 nitrogen and oxygen atoms in total. The molecule has 0 unspecified atom stereocenters. The summed E-state index contributed by atoms with van der Waals surface area (Å²) >= 11 is 8.86. The number of carbonyl (C=O) groups excluding carboxylic acids is 1. The zero-order valence-electron chi connectivity index (χ0n) is 9.35. The molecule has 0 atom stereocenters. The first-order valence-corrected chi connectivity index (χ1v) is 6.36. The predicted molar refractivity (Wildman–Crippen MR) is 67.9 cm³/mol. The number of hydrogen-bond acceptors (Lipinski definition) is 2. The summed E-state index contributed by atoms with van der Waals surface area (Å²) in [7, 11) is 0. The average Bonchev–Trinajstić information content (AvgIpc) is 2.61. The molecule has 1 heterocycles. The standard InChI is InChI=1S/C11H15BrClNO2/c1-11(2,4-5-13)7-14-10(15)8-3-6-16-9(8)12/h3,6H,4-5,7H2,1-2H3,(H,14,15). The molecule has 0 radical (unpaired) electrons. The lowest BCUT2D eigenvalue weighted by Crippen LogP contribution is -2.34. The summed E-state index contributed by atoms with van der Waals surface area (Å²) in [5.41, 5.74) is 0.523. The third-order valence-electron chi connectivity index (χ3n) is 2.36. The molecule has 90 valence electrons. The molecule has 0 spiro atoms. The number of rotatable bonds is 5. The molecule has 0 bridgehead atoms. The second-order valence-electron chi connectivity index (χ2n) is 4.39. The van der Waals surface area contributed by atoms with Crippen molar-refractivity contribution in [1.82, 2.24) is 5.32 Å². The van der Waals surface area contributed by atoms with Gasteiger partial charge in [0.15, 0.2) is 4.67 Å². The third kappa shape index (κ3) is 3.83. The Balaban J connectivity index is 2.51. The number of alkyl halides is 1. The third-order valence-corrected chi connectivity index (χ3v) is 3.16. The van der Waals surface area contributed by atoms with Gasteiger partial charge in [-0.2, -0.15) is 0 Å². The Kier molecular flexibility index (Phi) is 4.87. The van der Waals surface area contributed by atoms with Crippen LogP contribution in [-0.4, -0.2) is 18.3 Å². The molecule has 0 aromatic carbocycles. The van der Waals surface area contributed by atoms with Crippen LogP contribution >= 0.6 is 27.5 Å². The van der Waals surface area contributed by atoms with Crippen LogP contribution in [0.4, 0.5) is 0 Å². The lowest BCUT2D eigenvalue weighted by molar-refractivity contribution is 0.0934. The summed E-state index contributed by atoms with van der Waals surface area (Å²) in [6, 6.07) is 1.63. The molecule has 1 amide bonds. The minimum atomic E-state index is -0.136. The number of amides is 1. The fraction of sp³-hybridized carbons (Fsp3) is 0.545. The molecule has 0 saturated carbocycles. The highest BCUT2D eigenvalue weighted by molar-refractivity contribution is 9.10. The van der Waals surface area contributed by atoms with E-state index in [0.29, 0.717) is 22.7 Å². The van der Waals surface area contributed by atoms with Gasteiger partial charge in [-0.1, -0.05) is 13.8 Å². The number of carbonyl (C=O) groups is 1. The van der Waals surface area contributed by atoms with Gasteiger partial charge in [-0.15, -0.1) is 11.6 Å². The van der Waals surface area contributed by atoms with Crippen LogP contribution in [0.2, 0.25) is 0 Å². The fourth-order valence-corrected chi connectivity index (χ4v) is 2.15. The van der Waals surface area contributed by atoms with Crippen LogP contribution in [-0.2, 0) is 0 Å².